The Morgan fingerprint density at radius 1 is 1.12 bits per heavy atom. The summed E-state index contributed by atoms with van der Waals surface area (Å²) in [7, 11) is 1.39. The van der Waals surface area contributed by atoms with Crippen LogP contribution < -0.4 is 4.74 Å². The average Bonchev–Trinajstić information content (AvgIpc) is 2.54. The summed E-state index contributed by atoms with van der Waals surface area (Å²) in [6, 6.07) is 3.87. The number of hydrogen-bond donors (Lipinski definition) is 1. The zero-order valence-electron chi connectivity index (χ0n) is 15.2. The van der Waals surface area contributed by atoms with Gasteiger partial charge in [-0.25, -0.2) is 4.39 Å². The standard InChI is InChI=1S/C20H23FO4/c1-11-12(2)19(23)17(14-7-6-13(21)10-16(14)25-5)15(18(11)22)8-9-20(3,4)24/h6-7,10,24H,8-9H2,1-5H3. The van der Waals surface area contributed by atoms with Crippen molar-refractivity contribution in [3.8, 4) is 5.75 Å². The molecule has 1 aromatic carbocycles. The van der Waals surface area contributed by atoms with E-state index in [2.05, 4.69) is 0 Å². The molecule has 0 bridgehead atoms. The van der Waals surface area contributed by atoms with E-state index in [-0.39, 0.29) is 29.3 Å². The van der Waals surface area contributed by atoms with Gasteiger partial charge >= 0.3 is 0 Å². The average molecular weight is 346 g/mol. The Hall–Kier alpha value is -2.27. The van der Waals surface area contributed by atoms with Gasteiger partial charge in [0, 0.05) is 33.9 Å². The Morgan fingerprint density at radius 2 is 1.72 bits per heavy atom. The maximum absolute atomic E-state index is 13.5. The molecule has 1 aromatic rings. The first-order valence-corrected chi connectivity index (χ1v) is 8.13. The van der Waals surface area contributed by atoms with Crippen molar-refractivity contribution in [2.24, 2.45) is 0 Å². The minimum atomic E-state index is -0.974. The molecular weight excluding hydrogens is 323 g/mol. The lowest BCUT2D eigenvalue weighted by molar-refractivity contribution is -0.115. The fourth-order valence-electron chi connectivity index (χ4n) is 2.83. The Labute approximate surface area is 147 Å². The molecule has 0 saturated carbocycles. The largest absolute Gasteiger partial charge is 0.496 e. The van der Waals surface area contributed by atoms with Gasteiger partial charge in [-0.1, -0.05) is 0 Å². The number of hydrogen-bond acceptors (Lipinski definition) is 4. The number of carbonyl (C=O) groups excluding carboxylic acids is 2. The Bertz CT molecular complexity index is 794. The Kier molecular flexibility index (Phi) is 5.28. The van der Waals surface area contributed by atoms with Crippen LogP contribution in [-0.4, -0.2) is 29.4 Å². The molecule has 5 heteroatoms. The van der Waals surface area contributed by atoms with Crippen molar-refractivity contribution in [3.05, 3.63) is 46.3 Å². The summed E-state index contributed by atoms with van der Waals surface area (Å²) in [5, 5.41) is 10.0. The lowest BCUT2D eigenvalue weighted by Crippen LogP contribution is -2.24. The lowest BCUT2D eigenvalue weighted by Gasteiger charge is -2.24. The van der Waals surface area contributed by atoms with E-state index in [4.69, 9.17) is 4.74 Å². The summed E-state index contributed by atoms with van der Waals surface area (Å²) in [5.74, 6) is -0.781. The van der Waals surface area contributed by atoms with Crippen LogP contribution in [0.15, 0.2) is 34.9 Å². The van der Waals surface area contributed by atoms with Crippen LogP contribution in [0.25, 0.3) is 5.57 Å². The molecule has 1 aliphatic carbocycles. The van der Waals surface area contributed by atoms with Gasteiger partial charge in [-0.3, -0.25) is 9.59 Å². The number of methoxy groups -OCH3 is 1. The minimum absolute atomic E-state index is 0.198. The fourth-order valence-corrected chi connectivity index (χ4v) is 2.83. The van der Waals surface area contributed by atoms with Crippen molar-refractivity contribution in [2.45, 2.75) is 46.1 Å². The molecule has 0 fully saturated rings. The predicted octanol–water partition coefficient (Wildman–Crippen LogP) is 3.63. The van der Waals surface area contributed by atoms with Gasteiger partial charge in [0.15, 0.2) is 11.6 Å². The molecule has 0 aliphatic heterocycles. The highest BCUT2D eigenvalue weighted by molar-refractivity contribution is 6.39. The van der Waals surface area contributed by atoms with Gasteiger partial charge < -0.3 is 9.84 Å². The predicted molar refractivity (Wildman–Crippen MR) is 93.8 cm³/mol. The van der Waals surface area contributed by atoms with Crippen LogP contribution in [0.1, 0.15) is 46.1 Å². The molecule has 0 aromatic heterocycles. The third-order valence-corrected chi connectivity index (χ3v) is 4.47. The van der Waals surface area contributed by atoms with Crippen LogP contribution >= 0.6 is 0 Å². The van der Waals surface area contributed by atoms with Crippen molar-refractivity contribution in [1.29, 1.82) is 0 Å². The number of ketones is 2. The summed E-state index contributed by atoms with van der Waals surface area (Å²) in [6.45, 7) is 6.53. The second kappa shape index (κ2) is 6.92. The maximum Gasteiger partial charge on any atom is 0.190 e. The van der Waals surface area contributed by atoms with Crippen LogP contribution in [0.4, 0.5) is 4.39 Å². The van der Waals surface area contributed by atoms with E-state index in [1.807, 2.05) is 0 Å². The minimum Gasteiger partial charge on any atom is -0.496 e. The van der Waals surface area contributed by atoms with Crippen molar-refractivity contribution >= 4 is 17.1 Å². The molecule has 0 atom stereocenters. The zero-order valence-corrected chi connectivity index (χ0v) is 15.2. The van der Waals surface area contributed by atoms with Crippen LogP contribution in [0, 0.1) is 5.82 Å². The number of ether oxygens (including phenoxy) is 1. The van der Waals surface area contributed by atoms with Gasteiger partial charge in [0.05, 0.1) is 12.7 Å². The van der Waals surface area contributed by atoms with E-state index >= 15 is 0 Å². The van der Waals surface area contributed by atoms with Crippen LogP contribution in [0.3, 0.4) is 0 Å². The highest BCUT2D eigenvalue weighted by Crippen LogP contribution is 2.38. The zero-order chi connectivity index (χ0) is 18.9. The molecule has 25 heavy (non-hydrogen) atoms. The van der Waals surface area contributed by atoms with Gasteiger partial charge in [0.25, 0.3) is 0 Å². The molecule has 2 rings (SSSR count). The Morgan fingerprint density at radius 3 is 2.28 bits per heavy atom. The highest BCUT2D eigenvalue weighted by atomic mass is 19.1. The summed E-state index contributed by atoms with van der Waals surface area (Å²) >= 11 is 0. The normalized spacial score (nSPS) is 16.0. The molecular formula is C20H23FO4. The Balaban J connectivity index is 2.67. The van der Waals surface area contributed by atoms with Crippen molar-refractivity contribution < 1.29 is 23.8 Å². The topological polar surface area (TPSA) is 63.6 Å². The van der Waals surface area contributed by atoms with Gasteiger partial charge in [0.2, 0.25) is 0 Å². The number of carbonyl (C=O) groups is 2. The summed E-state index contributed by atoms with van der Waals surface area (Å²) in [6.07, 6.45) is 0.565. The maximum atomic E-state index is 13.5. The number of allylic oxidation sites excluding steroid dienone is 4. The van der Waals surface area contributed by atoms with E-state index in [0.717, 1.165) is 0 Å². The van der Waals surface area contributed by atoms with Gasteiger partial charge in [-0.2, -0.15) is 0 Å². The molecule has 0 radical (unpaired) electrons. The van der Waals surface area contributed by atoms with Crippen LogP contribution in [0.2, 0.25) is 0 Å². The van der Waals surface area contributed by atoms with E-state index in [1.54, 1.807) is 27.7 Å². The van der Waals surface area contributed by atoms with Crippen molar-refractivity contribution in [2.75, 3.05) is 7.11 Å². The molecule has 0 unspecified atom stereocenters. The molecule has 1 N–H and O–H groups in total. The summed E-state index contributed by atoms with van der Waals surface area (Å²) in [5.41, 5.74) is 0.756. The smallest absolute Gasteiger partial charge is 0.190 e. The van der Waals surface area contributed by atoms with Gasteiger partial charge in [0.1, 0.15) is 11.6 Å². The highest BCUT2D eigenvalue weighted by Gasteiger charge is 2.33. The van der Waals surface area contributed by atoms with Crippen molar-refractivity contribution in [3.63, 3.8) is 0 Å². The number of aliphatic hydroxyl groups is 1. The first-order chi connectivity index (χ1) is 11.6. The second-order valence-electron chi connectivity index (χ2n) is 6.92. The SMILES string of the molecule is COc1cc(F)ccc1C1=C(CCC(C)(C)O)C(=O)C(C)=C(C)C1=O. The van der Waals surface area contributed by atoms with Gasteiger partial charge in [-0.15, -0.1) is 0 Å². The molecule has 0 saturated heterocycles. The third kappa shape index (κ3) is 3.87. The van der Waals surface area contributed by atoms with Crippen LogP contribution in [-0.2, 0) is 9.59 Å². The van der Waals surface area contributed by atoms with Crippen molar-refractivity contribution in [1.82, 2.24) is 0 Å². The van der Waals surface area contributed by atoms with E-state index in [9.17, 15) is 19.1 Å². The van der Waals surface area contributed by atoms with E-state index in [0.29, 0.717) is 28.7 Å². The molecule has 0 amide bonds. The number of rotatable bonds is 5. The quantitative estimate of drug-likeness (QED) is 0.827. The first kappa shape index (κ1) is 19.1. The number of Topliss-reactive ketones (excluding diaryl/α,β-unsaturated/α-hetero) is 2. The molecule has 0 heterocycles. The van der Waals surface area contributed by atoms with Crippen LogP contribution in [0.5, 0.6) is 5.75 Å². The van der Waals surface area contributed by atoms with E-state index < -0.39 is 11.4 Å². The fraction of sp³-hybridized carbons (Fsp3) is 0.400. The lowest BCUT2D eigenvalue weighted by atomic mass is 9.79. The summed E-state index contributed by atoms with van der Waals surface area (Å²) in [4.78, 5) is 25.7. The number of halogens is 1. The molecule has 1 aliphatic rings. The molecule has 4 nitrogen and oxygen atoms in total. The molecule has 134 valence electrons. The van der Waals surface area contributed by atoms with E-state index in [1.165, 1.54) is 25.3 Å². The number of benzene rings is 1. The summed E-state index contributed by atoms with van der Waals surface area (Å²) < 4.78 is 18.7. The third-order valence-electron chi connectivity index (χ3n) is 4.47. The van der Waals surface area contributed by atoms with Gasteiger partial charge in [-0.05, 0) is 52.7 Å². The monoisotopic (exact) mass is 346 g/mol. The molecule has 0 spiro atoms. The second-order valence-corrected chi connectivity index (χ2v) is 6.92. The first-order valence-electron chi connectivity index (χ1n) is 8.13.